The summed E-state index contributed by atoms with van der Waals surface area (Å²) in [6.07, 6.45) is 0. The van der Waals surface area contributed by atoms with Crippen molar-refractivity contribution < 1.29 is 23.2 Å². The molecule has 3 N–H and O–H groups in total. The van der Waals surface area contributed by atoms with Gasteiger partial charge in [0, 0.05) is 15.6 Å². The quantitative estimate of drug-likeness (QED) is 0.311. The SMILES string of the molecule is O=S(=O)(O)C(c1ccc(Cl)cc1)(c1cccc(O)c1)c1c(Cl)cc(Cl)c(O)c1Cl. The van der Waals surface area contributed by atoms with Gasteiger partial charge < -0.3 is 10.2 Å². The molecule has 0 spiro atoms. The molecule has 0 bridgehead atoms. The summed E-state index contributed by atoms with van der Waals surface area (Å²) in [5.74, 6) is -0.884. The predicted octanol–water partition coefficient (Wildman–Crippen LogP) is 5.89. The Morgan fingerprint density at radius 3 is 1.97 bits per heavy atom. The van der Waals surface area contributed by atoms with Crippen LogP contribution in [0.15, 0.2) is 54.6 Å². The normalized spacial score (nSPS) is 13.8. The number of phenols is 2. The molecule has 29 heavy (non-hydrogen) atoms. The molecule has 0 amide bonds. The van der Waals surface area contributed by atoms with Gasteiger partial charge in [0.25, 0.3) is 10.1 Å². The number of hydrogen-bond acceptors (Lipinski definition) is 4. The zero-order valence-electron chi connectivity index (χ0n) is 14.3. The van der Waals surface area contributed by atoms with Crippen LogP contribution in [-0.2, 0) is 14.9 Å². The fourth-order valence-corrected chi connectivity index (χ4v) is 5.81. The van der Waals surface area contributed by atoms with Crippen molar-refractivity contribution >= 4 is 56.5 Å². The third-order valence-electron chi connectivity index (χ3n) is 4.39. The molecule has 10 heteroatoms. The van der Waals surface area contributed by atoms with E-state index in [0.29, 0.717) is 5.02 Å². The van der Waals surface area contributed by atoms with Gasteiger partial charge in [-0.25, -0.2) is 0 Å². The Bertz CT molecular complexity index is 1200. The van der Waals surface area contributed by atoms with E-state index < -0.39 is 25.6 Å². The smallest absolute Gasteiger partial charge is 0.283 e. The number of aromatic hydroxyl groups is 2. The molecule has 152 valence electrons. The van der Waals surface area contributed by atoms with Crippen LogP contribution in [0.5, 0.6) is 11.5 Å². The third kappa shape index (κ3) is 3.65. The second-order valence-electron chi connectivity index (χ2n) is 6.09. The van der Waals surface area contributed by atoms with Crippen LogP contribution in [0, 0.1) is 0 Å². The van der Waals surface area contributed by atoms with Crippen LogP contribution >= 0.6 is 46.4 Å². The van der Waals surface area contributed by atoms with Crippen LogP contribution in [-0.4, -0.2) is 23.2 Å². The van der Waals surface area contributed by atoms with E-state index in [9.17, 15) is 23.2 Å². The van der Waals surface area contributed by atoms with Gasteiger partial charge in [0.1, 0.15) is 5.75 Å². The number of benzene rings is 3. The van der Waals surface area contributed by atoms with Gasteiger partial charge in [-0.2, -0.15) is 8.42 Å². The Morgan fingerprint density at radius 1 is 0.793 bits per heavy atom. The summed E-state index contributed by atoms with van der Waals surface area (Å²) in [7, 11) is -5.07. The van der Waals surface area contributed by atoms with E-state index in [4.69, 9.17) is 46.4 Å². The van der Waals surface area contributed by atoms with Gasteiger partial charge in [-0.3, -0.25) is 4.55 Å². The zero-order valence-corrected chi connectivity index (χ0v) is 18.1. The lowest BCUT2D eigenvalue weighted by Gasteiger charge is -2.34. The van der Waals surface area contributed by atoms with Crippen molar-refractivity contribution in [3.8, 4) is 11.5 Å². The monoisotopic (exact) mass is 492 g/mol. The highest BCUT2D eigenvalue weighted by Crippen LogP contribution is 2.52. The molecule has 1 unspecified atom stereocenters. The Kier molecular flexibility index (Phi) is 5.98. The van der Waals surface area contributed by atoms with E-state index >= 15 is 0 Å². The maximum Gasteiger partial charge on any atom is 0.283 e. The van der Waals surface area contributed by atoms with Crippen LogP contribution in [0.2, 0.25) is 20.1 Å². The second-order valence-corrected chi connectivity index (χ2v) is 9.28. The average molecular weight is 494 g/mol. The van der Waals surface area contributed by atoms with Crippen LogP contribution in [0.1, 0.15) is 16.7 Å². The predicted molar refractivity (Wildman–Crippen MR) is 114 cm³/mol. The van der Waals surface area contributed by atoms with E-state index in [1.807, 2.05) is 0 Å². The molecule has 0 heterocycles. The molecule has 0 aliphatic heterocycles. The van der Waals surface area contributed by atoms with Crippen molar-refractivity contribution in [2.45, 2.75) is 4.75 Å². The van der Waals surface area contributed by atoms with E-state index in [1.54, 1.807) is 0 Å². The minimum absolute atomic E-state index is 0.0144. The molecule has 0 aromatic heterocycles. The first kappa shape index (κ1) is 22.0. The third-order valence-corrected chi connectivity index (χ3v) is 7.04. The summed E-state index contributed by atoms with van der Waals surface area (Å²) in [4.78, 5) is 0. The molecule has 3 rings (SSSR count). The Balaban J connectivity index is 2.62. The highest BCUT2D eigenvalue weighted by atomic mass is 35.5. The van der Waals surface area contributed by atoms with E-state index in [2.05, 4.69) is 0 Å². The number of halogens is 4. The van der Waals surface area contributed by atoms with Crippen molar-refractivity contribution in [3.05, 3.63) is 91.4 Å². The fraction of sp³-hybridized carbons (Fsp3) is 0.0526. The lowest BCUT2D eigenvalue weighted by atomic mass is 9.83. The summed E-state index contributed by atoms with van der Waals surface area (Å²) in [5, 5.41) is 19.6. The molecule has 0 aliphatic carbocycles. The summed E-state index contributed by atoms with van der Waals surface area (Å²) in [6, 6.07) is 11.9. The molecule has 0 radical (unpaired) electrons. The Morgan fingerprint density at radius 2 is 1.41 bits per heavy atom. The largest absolute Gasteiger partial charge is 0.508 e. The minimum atomic E-state index is -5.07. The highest BCUT2D eigenvalue weighted by molar-refractivity contribution is 7.87. The van der Waals surface area contributed by atoms with Crippen molar-refractivity contribution in [3.63, 3.8) is 0 Å². The van der Waals surface area contributed by atoms with Gasteiger partial charge in [-0.1, -0.05) is 70.7 Å². The maximum atomic E-state index is 13.0. The van der Waals surface area contributed by atoms with Gasteiger partial charge >= 0.3 is 0 Å². The van der Waals surface area contributed by atoms with E-state index in [-0.39, 0.29) is 32.5 Å². The molecule has 3 aromatic rings. The topological polar surface area (TPSA) is 94.8 Å². The van der Waals surface area contributed by atoms with Gasteiger partial charge in [-0.15, -0.1) is 0 Å². The molecule has 0 aliphatic rings. The lowest BCUT2D eigenvalue weighted by molar-refractivity contribution is 0.455. The average Bonchev–Trinajstić information content (AvgIpc) is 2.63. The maximum absolute atomic E-state index is 13.0. The van der Waals surface area contributed by atoms with E-state index in [1.165, 1.54) is 42.5 Å². The standard InChI is InChI=1S/C19H12Cl4O5S/c20-12-6-4-10(5-7-12)19(29(26,27)28,11-2-1-3-13(24)8-11)16-14(21)9-15(22)18(25)17(16)23/h1-9,24-25H,(H,26,27,28). The van der Waals surface area contributed by atoms with E-state index in [0.717, 1.165) is 12.1 Å². The number of hydrogen-bond donors (Lipinski definition) is 3. The summed E-state index contributed by atoms with van der Waals surface area (Å²) in [6.45, 7) is 0. The van der Waals surface area contributed by atoms with Crippen LogP contribution < -0.4 is 0 Å². The molecular weight excluding hydrogens is 482 g/mol. The van der Waals surface area contributed by atoms with Crippen molar-refractivity contribution in [1.29, 1.82) is 0 Å². The van der Waals surface area contributed by atoms with Gasteiger partial charge in [0.15, 0.2) is 10.5 Å². The molecule has 0 saturated heterocycles. The zero-order chi connectivity index (χ0) is 21.6. The summed E-state index contributed by atoms with van der Waals surface area (Å²) >= 11 is 24.5. The minimum Gasteiger partial charge on any atom is -0.508 e. The van der Waals surface area contributed by atoms with Crippen LogP contribution in [0.3, 0.4) is 0 Å². The fourth-order valence-electron chi connectivity index (χ4n) is 3.19. The van der Waals surface area contributed by atoms with Crippen LogP contribution in [0.4, 0.5) is 0 Å². The first-order valence-corrected chi connectivity index (χ1v) is 10.8. The summed E-state index contributed by atoms with van der Waals surface area (Å²) < 4.78 is 34.0. The Labute approximate surface area is 186 Å². The molecule has 0 fully saturated rings. The molecule has 1 atom stereocenters. The first-order valence-electron chi connectivity index (χ1n) is 7.89. The molecule has 5 nitrogen and oxygen atoms in total. The van der Waals surface area contributed by atoms with Crippen LogP contribution in [0.25, 0.3) is 0 Å². The molecular formula is C19H12Cl4O5S. The summed E-state index contributed by atoms with van der Waals surface area (Å²) in [5.41, 5.74) is -0.397. The first-order chi connectivity index (χ1) is 13.5. The number of rotatable bonds is 4. The highest BCUT2D eigenvalue weighted by Gasteiger charge is 2.51. The molecule has 0 saturated carbocycles. The van der Waals surface area contributed by atoms with Gasteiger partial charge in [0.05, 0.1) is 10.0 Å². The van der Waals surface area contributed by atoms with Crippen molar-refractivity contribution in [2.24, 2.45) is 0 Å². The second kappa shape index (κ2) is 7.87. The van der Waals surface area contributed by atoms with Crippen molar-refractivity contribution in [1.82, 2.24) is 0 Å². The van der Waals surface area contributed by atoms with Gasteiger partial charge in [-0.05, 0) is 41.5 Å². The van der Waals surface area contributed by atoms with Gasteiger partial charge in [0.2, 0.25) is 0 Å². The Hall–Kier alpha value is -1.67. The van der Waals surface area contributed by atoms with Crippen molar-refractivity contribution in [2.75, 3.05) is 0 Å². The molecule has 3 aromatic carbocycles. The lowest BCUT2D eigenvalue weighted by Crippen LogP contribution is -2.38. The number of phenolic OH excluding ortho intramolecular Hbond substituents is 2.